The number of carbonyl (C=O) groups excluding carboxylic acids is 1. The van der Waals surface area contributed by atoms with Gasteiger partial charge in [0.15, 0.2) is 0 Å². The Hall–Kier alpha value is -1.26. The smallest absolute Gasteiger partial charge is 0.329 e. The van der Waals surface area contributed by atoms with E-state index in [1.165, 1.54) is 0 Å². The molecular formula is C14H26N2O3. The molecule has 0 heterocycles. The normalized spacial score (nSPS) is 19.3. The predicted octanol–water partition coefficient (Wildman–Crippen LogP) is 2.51. The molecule has 1 aliphatic rings. The average molecular weight is 270 g/mol. The Morgan fingerprint density at radius 1 is 1.37 bits per heavy atom. The van der Waals surface area contributed by atoms with Crippen molar-refractivity contribution in [2.45, 2.75) is 70.9 Å². The number of unbranched alkanes of at least 4 members (excludes halogenated alkanes) is 2. The van der Waals surface area contributed by atoms with Crippen LogP contribution in [0.1, 0.15) is 59.3 Å². The van der Waals surface area contributed by atoms with Crippen LogP contribution in [0.5, 0.6) is 0 Å². The number of aliphatic carboxylic acids is 1. The molecule has 0 bridgehead atoms. The van der Waals surface area contributed by atoms with Crippen LogP contribution in [0.25, 0.3) is 0 Å². The van der Waals surface area contributed by atoms with Crippen LogP contribution in [0.2, 0.25) is 0 Å². The van der Waals surface area contributed by atoms with Gasteiger partial charge in [-0.2, -0.15) is 0 Å². The number of carbonyl (C=O) groups is 2. The molecule has 1 aliphatic carbocycles. The predicted molar refractivity (Wildman–Crippen MR) is 74.0 cm³/mol. The summed E-state index contributed by atoms with van der Waals surface area (Å²) in [5.41, 5.74) is -1.13. The van der Waals surface area contributed by atoms with Crippen LogP contribution < -0.4 is 10.6 Å². The second kappa shape index (κ2) is 6.78. The maximum Gasteiger partial charge on any atom is 0.329 e. The van der Waals surface area contributed by atoms with Gasteiger partial charge in [0.1, 0.15) is 5.54 Å². The van der Waals surface area contributed by atoms with Crippen LogP contribution in [0.3, 0.4) is 0 Å². The van der Waals surface area contributed by atoms with Crippen LogP contribution in [0.4, 0.5) is 4.79 Å². The first kappa shape index (κ1) is 15.8. The summed E-state index contributed by atoms with van der Waals surface area (Å²) in [4.78, 5) is 23.1. The van der Waals surface area contributed by atoms with Gasteiger partial charge in [0.25, 0.3) is 0 Å². The largest absolute Gasteiger partial charge is 0.480 e. The summed E-state index contributed by atoms with van der Waals surface area (Å²) in [6.45, 7) is 5.68. The van der Waals surface area contributed by atoms with E-state index in [1.807, 2.05) is 6.92 Å². The number of amides is 2. The van der Waals surface area contributed by atoms with Crippen LogP contribution in [0.15, 0.2) is 0 Å². The van der Waals surface area contributed by atoms with Crippen molar-refractivity contribution < 1.29 is 14.7 Å². The fourth-order valence-corrected chi connectivity index (χ4v) is 2.26. The average Bonchev–Trinajstić information content (AvgIpc) is 3.12. The van der Waals surface area contributed by atoms with E-state index in [4.69, 9.17) is 0 Å². The van der Waals surface area contributed by atoms with E-state index < -0.39 is 11.5 Å². The molecule has 0 spiro atoms. The Morgan fingerprint density at radius 3 is 2.47 bits per heavy atom. The van der Waals surface area contributed by atoms with Crippen molar-refractivity contribution in [2.24, 2.45) is 5.92 Å². The lowest BCUT2D eigenvalue weighted by Gasteiger charge is -2.27. The number of carboxylic acid groups (broad SMARTS) is 1. The van der Waals surface area contributed by atoms with Crippen molar-refractivity contribution in [3.63, 3.8) is 0 Å². The summed E-state index contributed by atoms with van der Waals surface area (Å²) in [6, 6.07) is -0.301. The second-order valence-electron chi connectivity index (χ2n) is 5.78. The lowest BCUT2D eigenvalue weighted by Crippen LogP contribution is -2.57. The quantitative estimate of drug-likeness (QED) is 0.593. The fourth-order valence-electron chi connectivity index (χ4n) is 2.26. The van der Waals surface area contributed by atoms with Crippen LogP contribution in [-0.2, 0) is 4.79 Å². The van der Waals surface area contributed by atoms with Gasteiger partial charge in [0.05, 0.1) is 0 Å². The number of nitrogens with one attached hydrogen (secondary N) is 2. The van der Waals surface area contributed by atoms with Gasteiger partial charge in [-0.1, -0.05) is 26.2 Å². The van der Waals surface area contributed by atoms with E-state index in [-0.39, 0.29) is 18.0 Å². The molecule has 0 aliphatic heterocycles. The number of urea groups is 1. The Kier molecular flexibility index (Phi) is 5.63. The first-order valence-electron chi connectivity index (χ1n) is 7.22. The number of hydrogen-bond acceptors (Lipinski definition) is 2. The molecule has 5 nitrogen and oxygen atoms in total. The topological polar surface area (TPSA) is 78.4 Å². The minimum Gasteiger partial charge on any atom is -0.480 e. The fraction of sp³-hybridized carbons (Fsp3) is 0.857. The first-order chi connectivity index (χ1) is 8.90. The highest BCUT2D eigenvalue weighted by Gasteiger charge is 2.48. The zero-order valence-electron chi connectivity index (χ0n) is 12.2. The summed E-state index contributed by atoms with van der Waals surface area (Å²) in [7, 11) is 0. The van der Waals surface area contributed by atoms with Gasteiger partial charge in [-0.3, -0.25) is 0 Å². The lowest BCUT2D eigenvalue weighted by molar-refractivity contribution is -0.144. The molecule has 110 valence electrons. The van der Waals surface area contributed by atoms with E-state index >= 15 is 0 Å². The zero-order chi connectivity index (χ0) is 14.5. The van der Waals surface area contributed by atoms with E-state index in [9.17, 15) is 14.7 Å². The Labute approximate surface area is 115 Å². The van der Waals surface area contributed by atoms with Crippen molar-refractivity contribution in [2.75, 3.05) is 0 Å². The molecule has 2 unspecified atom stereocenters. The van der Waals surface area contributed by atoms with Gasteiger partial charge in [-0.05, 0) is 39.0 Å². The van der Waals surface area contributed by atoms with Gasteiger partial charge in [0.2, 0.25) is 0 Å². The van der Waals surface area contributed by atoms with Gasteiger partial charge < -0.3 is 15.7 Å². The third kappa shape index (κ3) is 4.73. The van der Waals surface area contributed by atoms with Gasteiger partial charge in [-0.15, -0.1) is 0 Å². The zero-order valence-corrected chi connectivity index (χ0v) is 12.2. The Bertz CT molecular complexity index is 329. The molecule has 5 heteroatoms. The monoisotopic (exact) mass is 270 g/mol. The lowest BCUT2D eigenvalue weighted by atomic mass is 9.96. The highest BCUT2D eigenvalue weighted by molar-refractivity contribution is 5.86. The number of rotatable bonds is 8. The third-order valence-electron chi connectivity index (χ3n) is 3.83. The number of carboxylic acids is 1. The van der Waals surface area contributed by atoms with Crippen molar-refractivity contribution in [1.29, 1.82) is 0 Å². The molecule has 0 aromatic heterocycles. The first-order valence-corrected chi connectivity index (χ1v) is 7.22. The van der Waals surface area contributed by atoms with Crippen molar-refractivity contribution in [3.05, 3.63) is 0 Å². The summed E-state index contributed by atoms with van der Waals surface area (Å²) in [6.07, 6.45) is 6.05. The highest BCUT2D eigenvalue weighted by Crippen LogP contribution is 2.39. The van der Waals surface area contributed by atoms with Gasteiger partial charge >= 0.3 is 12.0 Å². The molecule has 3 N–H and O–H groups in total. The maximum atomic E-state index is 11.9. The van der Waals surface area contributed by atoms with E-state index in [0.717, 1.165) is 38.5 Å². The molecule has 1 fully saturated rings. The molecule has 2 atom stereocenters. The molecule has 2 amide bonds. The number of hydrogen-bond donors (Lipinski definition) is 3. The molecule has 19 heavy (non-hydrogen) atoms. The third-order valence-corrected chi connectivity index (χ3v) is 3.83. The standard InChI is InChI=1S/C14H26N2O3/c1-4-5-6-7-10(2)15-13(19)16-14(3,12(17)18)11-8-9-11/h10-11H,4-9H2,1-3H3,(H,17,18)(H2,15,16,19). The van der Waals surface area contributed by atoms with Crippen molar-refractivity contribution >= 4 is 12.0 Å². The Balaban J connectivity index is 2.38. The van der Waals surface area contributed by atoms with Crippen LogP contribution >= 0.6 is 0 Å². The summed E-state index contributed by atoms with van der Waals surface area (Å²) in [5.74, 6) is -0.894. The van der Waals surface area contributed by atoms with Gasteiger partial charge in [0, 0.05) is 6.04 Å². The molecule has 1 rings (SSSR count). The Morgan fingerprint density at radius 2 is 2.00 bits per heavy atom. The summed E-state index contributed by atoms with van der Waals surface area (Å²) < 4.78 is 0. The van der Waals surface area contributed by atoms with Crippen LogP contribution in [0, 0.1) is 5.92 Å². The second-order valence-corrected chi connectivity index (χ2v) is 5.78. The molecular weight excluding hydrogens is 244 g/mol. The highest BCUT2D eigenvalue weighted by atomic mass is 16.4. The molecule has 0 saturated heterocycles. The molecule has 1 saturated carbocycles. The van der Waals surface area contributed by atoms with E-state index in [1.54, 1.807) is 6.92 Å². The van der Waals surface area contributed by atoms with Crippen LogP contribution in [-0.4, -0.2) is 28.7 Å². The SMILES string of the molecule is CCCCCC(C)NC(=O)NC(C)(C(=O)O)C1CC1. The van der Waals surface area contributed by atoms with Gasteiger partial charge in [-0.25, -0.2) is 9.59 Å². The molecule has 0 aromatic carbocycles. The van der Waals surface area contributed by atoms with Crippen molar-refractivity contribution in [3.8, 4) is 0 Å². The molecule has 0 aromatic rings. The van der Waals surface area contributed by atoms with Crippen molar-refractivity contribution in [1.82, 2.24) is 10.6 Å². The van der Waals surface area contributed by atoms with E-state index in [0.29, 0.717) is 0 Å². The maximum absolute atomic E-state index is 11.9. The minimum atomic E-state index is -1.13. The summed E-state index contributed by atoms with van der Waals surface area (Å²) >= 11 is 0. The minimum absolute atomic E-state index is 0.0612. The van der Waals surface area contributed by atoms with E-state index in [2.05, 4.69) is 17.6 Å². The molecule has 0 radical (unpaired) electrons. The summed E-state index contributed by atoms with van der Waals surface area (Å²) in [5, 5.41) is 14.7.